The molecule has 0 bridgehead atoms. The highest BCUT2D eigenvalue weighted by atomic mass is 28.4. The summed E-state index contributed by atoms with van der Waals surface area (Å²) >= 11 is 0. The van der Waals surface area contributed by atoms with Crippen molar-refractivity contribution in [3.8, 4) is 0 Å². The van der Waals surface area contributed by atoms with Crippen LogP contribution in [0.3, 0.4) is 0 Å². The Hall–Kier alpha value is -1.09. The van der Waals surface area contributed by atoms with Crippen LogP contribution in [0.2, 0.25) is 22.2 Å². The van der Waals surface area contributed by atoms with E-state index in [1.807, 2.05) is 0 Å². The van der Waals surface area contributed by atoms with Crippen LogP contribution < -0.4 is 11.2 Å². The van der Waals surface area contributed by atoms with E-state index >= 15 is 0 Å². The molecule has 2 rings (SSSR count). The smallest absolute Gasteiger partial charge is 0.333 e. The van der Waals surface area contributed by atoms with Crippen LogP contribution in [0, 0.1) is 0 Å². The van der Waals surface area contributed by atoms with Crippen LogP contribution in [0.5, 0.6) is 0 Å². The van der Waals surface area contributed by atoms with Crippen LogP contribution >= 0.6 is 0 Å². The second-order valence-electron chi connectivity index (χ2n) is 10.2. The number of aliphatic hydroxyl groups is 1. The number of hydrogen-bond acceptors (Lipinski definition) is 7. The fraction of sp³-hybridized carbons (Fsp3) is 0.818. The summed E-state index contributed by atoms with van der Waals surface area (Å²) in [7, 11) is -2.72. The van der Waals surface area contributed by atoms with Gasteiger partial charge in [0.2, 0.25) is 0 Å². The van der Waals surface area contributed by atoms with Gasteiger partial charge in [-0.2, -0.15) is 0 Å². The molecule has 0 spiro atoms. The summed E-state index contributed by atoms with van der Waals surface area (Å²) in [5.74, 6) is 0. The highest BCUT2D eigenvalue weighted by Gasteiger charge is 2.51. The van der Waals surface area contributed by atoms with Crippen molar-refractivity contribution in [2.45, 2.75) is 102 Å². The normalized spacial score (nSPS) is 24.2. The van der Waals surface area contributed by atoms with Crippen molar-refractivity contribution in [3.63, 3.8) is 0 Å². The molecule has 1 aromatic heterocycles. The van der Waals surface area contributed by atoms with Crippen LogP contribution in [0.1, 0.15) is 61.6 Å². The Balaban J connectivity index is 2.29. The molecule has 33 heavy (non-hydrogen) atoms. The number of hydrogen-bond donors (Lipinski definition) is 2. The lowest BCUT2D eigenvalue weighted by Gasteiger charge is -2.43. The molecule has 2 N–H and O–H groups in total. The molecule has 1 aromatic rings. The third-order valence-electron chi connectivity index (χ3n) is 6.42. The molecule has 0 unspecified atom stereocenters. The van der Waals surface area contributed by atoms with Crippen molar-refractivity contribution in [2.24, 2.45) is 0 Å². The van der Waals surface area contributed by atoms with Gasteiger partial charge < -0.3 is 23.1 Å². The Kier molecular flexibility index (Phi) is 9.86. The number of nitrogens with one attached hydrogen (secondary N) is 1. The molecule has 1 aliphatic heterocycles. The summed E-state index contributed by atoms with van der Waals surface area (Å²) < 4.78 is 26.4. The standard InChI is InChI=1S/C22H42N2O7Si2/c1-13(2)32(14(3)4)31-33(15(5)6,16(7)8)29-12-17-20(28-9)19(26)21(30-17)24-11-10-18(25)23-22(24)27/h10-11,13-17,19-21,26,32H,12H2,1-9H3,(H,23,25,27)/t17-,19-,20-,21-/m1/s1. The van der Waals surface area contributed by atoms with Crippen molar-refractivity contribution in [2.75, 3.05) is 13.7 Å². The third-order valence-corrected chi connectivity index (χ3v) is 15.5. The van der Waals surface area contributed by atoms with E-state index in [1.54, 1.807) is 0 Å². The second-order valence-corrected chi connectivity index (χ2v) is 18.8. The maximum atomic E-state index is 12.3. The van der Waals surface area contributed by atoms with Gasteiger partial charge in [0, 0.05) is 19.4 Å². The van der Waals surface area contributed by atoms with Gasteiger partial charge in [0.05, 0.1) is 6.61 Å². The molecule has 1 saturated heterocycles. The third kappa shape index (κ3) is 6.13. The lowest BCUT2D eigenvalue weighted by molar-refractivity contribution is -0.0573. The van der Waals surface area contributed by atoms with Crippen LogP contribution in [0.4, 0.5) is 0 Å². The molecule has 2 heterocycles. The van der Waals surface area contributed by atoms with Gasteiger partial charge in [0.1, 0.15) is 18.3 Å². The quantitative estimate of drug-likeness (QED) is 0.447. The Morgan fingerprint density at radius 3 is 2.15 bits per heavy atom. The van der Waals surface area contributed by atoms with E-state index in [-0.39, 0.29) is 17.7 Å². The summed E-state index contributed by atoms with van der Waals surface area (Å²) in [5.41, 5.74) is 0.228. The molecule has 1 aliphatic rings. The van der Waals surface area contributed by atoms with E-state index in [1.165, 1.54) is 23.9 Å². The molecule has 0 aromatic carbocycles. The first-order chi connectivity index (χ1) is 15.3. The summed E-state index contributed by atoms with van der Waals surface area (Å²) in [5, 5.41) is 10.8. The number of aromatic amines is 1. The van der Waals surface area contributed by atoms with Crippen LogP contribution in [-0.4, -0.2) is 64.3 Å². The first-order valence-corrected chi connectivity index (χ1v) is 15.6. The van der Waals surface area contributed by atoms with E-state index < -0.39 is 53.4 Å². The Bertz CT molecular complexity index is 855. The molecule has 0 radical (unpaired) electrons. The minimum absolute atomic E-state index is 0.185. The minimum Gasteiger partial charge on any atom is -0.437 e. The van der Waals surface area contributed by atoms with Crippen LogP contribution in [0.25, 0.3) is 0 Å². The van der Waals surface area contributed by atoms with E-state index in [2.05, 4.69) is 60.4 Å². The SMILES string of the molecule is CO[C@H]1[C@@H](O)[C@H](n2ccc(=O)[nH]c2=O)O[C@@H]1CO[Si](O[SiH](C(C)C)C(C)C)(C(C)C)C(C)C. The van der Waals surface area contributed by atoms with E-state index in [0.717, 1.165) is 0 Å². The number of ether oxygens (including phenoxy) is 2. The average Bonchev–Trinajstić information content (AvgIpc) is 3.02. The fourth-order valence-corrected chi connectivity index (χ4v) is 15.1. The summed E-state index contributed by atoms with van der Waals surface area (Å²) in [4.78, 5) is 25.9. The molecular formula is C22H42N2O7Si2. The van der Waals surface area contributed by atoms with Crippen molar-refractivity contribution < 1.29 is 23.1 Å². The zero-order chi connectivity index (χ0) is 25.1. The van der Waals surface area contributed by atoms with Crippen molar-refractivity contribution >= 4 is 17.6 Å². The van der Waals surface area contributed by atoms with E-state index in [0.29, 0.717) is 11.1 Å². The van der Waals surface area contributed by atoms with Gasteiger partial charge in [-0.1, -0.05) is 55.4 Å². The van der Waals surface area contributed by atoms with Gasteiger partial charge in [0.25, 0.3) is 5.56 Å². The first-order valence-electron chi connectivity index (χ1n) is 11.8. The van der Waals surface area contributed by atoms with E-state index in [9.17, 15) is 14.7 Å². The van der Waals surface area contributed by atoms with Crippen molar-refractivity contribution in [1.82, 2.24) is 9.55 Å². The topological polar surface area (TPSA) is 112 Å². The lowest BCUT2D eigenvalue weighted by atomic mass is 10.1. The maximum Gasteiger partial charge on any atom is 0.333 e. The molecule has 0 saturated carbocycles. The van der Waals surface area contributed by atoms with Crippen molar-refractivity contribution in [3.05, 3.63) is 33.1 Å². The van der Waals surface area contributed by atoms with Crippen molar-refractivity contribution in [1.29, 1.82) is 0 Å². The number of nitrogens with zero attached hydrogens (tertiary/aromatic N) is 1. The zero-order valence-electron chi connectivity index (χ0n) is 21.4. The maximum absolute atomic E-state index is 12.3. The highest BCUT2D eigenvalue weighted by Crippen LogP contribution is 2.39. The van der Waals surface area contributed by atoms with Crippen LogP contribution in [-0.2, 0) is 18.0 Å². The van der Waals surface area contributed by atoms with Gasteiger partial charge in [-0.05, 0) is 22.2 Å². The molecule has 0 aliphatic carbocycles. The highest BCUT2D eigenvalue weighted by molar-refractivity contribution is 6.78. The molecule has 9 nitrogen and oxygen atoms in total. The minimum atomic E-state index is -2.66. The van der Waals surface area contributed by atoms with E-state index in [4.69, 9.17) is 18.0 Å². The largest absolute Gasteiger partial charge is 0.437 e. The van der Waals surface area contributed by atoms with Gasteiger partial charge in [-0.25, -0.2) is 4.79 Å². The van der Waals surface area contributed by atoms with Gasteiger partial charge in [-0.15, -0.1) is 0 Å². The zero-order valence-corrected chi connectivity index (χ0v) is 23.6. The Labute approximate surface area is 199 Å². The number of aromatic nitrogens is 2. The molecule has 11 heteroatoms. The number of aliphatic hydroxyl groups excluding tert-OH is 1. The van der Waals surface area contributed by atoms with Gasteiger partial charge in [0.15, 0.2) is 15.3 Å². The Morgan fingerprint density at radius 2 is 1.70 bits per heavy atom. The summed E-state index contributed by atoms with van der Waals surface area (Å²) in [6, 6.07) is 1.22. The van der Waals surface area contributed by atoms with Crippen LogP contribution in [0.15, 0.2) is 21.9 Å². The lowest BCUT2D eigenvalue weighted by Crippen LogP contribution is -2.54. The predicted molar refractivity (Wildman–Crippen MR) is 132 cm³/mol. The molecule has 4 atom stereocenters. The summed E-state index contributed by atoms with van der Waals surface area (Å²) in [6.07, 6.45) is -2.06. The Morgan fingerprint density at radius 1 is 1.12 bits per heavy atom. The monoisotopic (exact) mass is 502 g/mol. The summed E-state index contributed by atoms with van der Waals surface area (Å²) in [6.45, 7) is 17.7. The fourth-order valence-electron chi connectivity index (χ4n) is 4.78. The van der Waals surface area contributed by atoms with Gasteiger partial charge >= 0.3 is 14.3 Å². The molecule has 1 fully saturated rings. The number of H-pyrrole nitrogens is 1. The van der Waals surface area contributed by atoms with Gasteiger partial charge in [-0.3, -0.25) is 14.3 Å². The first kappa shape index (κ1) is 28.2. The molecule has 0 amide bonds. The second kappa shape index (κ2) is 11.6. The number of methoxy groups -OCH3 is 1. The predicted octanol–water partition coefficient (Wildman–Crippen LogP) is 2.65. The molecule has 190 valence electrons. The average molecular weight is 503 g/mol. The number of rotatable bonds is 11. The molecular weight excluding hydrogens is 460 g/mol.